The van der Waals surface area contributed by atoms with Crippen molar-refractivity contribution in [3.8, 4) is 0 Å². The lowest BCUT2D eigenvalue weighted by molar-refractivity contribution is -0.135. The summed E-state index contributed by atoms with van der Waals surface area (Å²) >= 11 is 0. The van der Waals surface area contributed by atoms with Crippen LogP contribution in [0.25, 0.3) is 0 Å². The molecule has 5 heteroatoms. The Morgan fingerprint density at radius 1 is 1.17 bits per heavy atom. The zero-order valence-corrected chi connectivity index (χ0v) is 14.9. The van der Waals surface area contributed by atoms with Crippen LogP contribution in [0.5, 0.6) is 0 Å². The van der Waals surface area contributed by atoms with Crippen molar-refractivity contribution >= 4 is 5.91 Å². The first-order valence-electron chi connectivity index (χ1n) is 7.89. The molecular weight excluding hydrogens is 305 g/mol. The molecule has 2 rings (SSSR count). The number of halogens is 1. The predicted octanol–water partition coefficient (Wildman–Crippen LogP) is 3.10. The fraction of sp³-hybridized carbons (Fsp3) is 0.368. The van der Waals surface area contributed by atoms with Crippen molar-refractivity contribution in [1.29, 1.82) is 0 Å². The second-order valence-electron chi connectivity index (χ2n) is 6.39. The van der Waals surface area contributed by atoms with E-state index in [0.29, 0.717) is 12.1 Å². The molecule has 1 atom stereocenters. The van der Waals surface area contributed by atoms with Crippen LogP contribution in [0.1, 0.15) is 28.6 Å². The van der Waals surface area contributed by atoms with E-state index < -0.39 is 6.04 Å². The summed E-state index contributed by atoms with van der Waals surface area (Å²) < 4.78 is 13.5. The minimum absolute atomic E-state index is 0.0911. The molecule has 0 saturated carbocycles. The van der Waals surface area contributed by atoms with E-state index in [2.05, 4.69) is 4.98 Å². The van der Waals surface area contributed by atoms with Crippen LogP contribution in [0, 0.1) is 19.7 Å². The number of carbonyl (C=O) groups excluding carboxylic acids is 1. The van der Waals surface area contributed by atoms with E-state index in [9.17, 15) is 9.18 Å². The third-order valence-corrected chi connectivity index (χ3v) is 3.84. The van der Waals surface area contributed by atoms with E-state index >= 15 is 0 Å². The van der Waals surface area contributed by atoms with Gasteiger partial charge in [-0.25, -0.2) is 4.39 Å². The van der Waals surface area contributed by atoms with E-state index in [1.807, 2.05) is 40.1 Å². The first-order valence-corrected chi connectivity index (χ1v) is 7.89. The third-order valence-electron chi connectivity index (χ3n) is 3.84. The summed E-state index contributed by atoms with van der Waals surface area (Å²) in [6.45, 7) is 4.37. The normalized spacial score (nSPS) is 12.3. The monoisotopic (exact) mass is 329 g/mol. The number of nitrogens with zero attached hydrogens (tertiary/aromatic N) is 3. The van der Waals surface area contributed by atoms with Crippen molar-refractivity contribution in [2.45, 2.75) is 26.4 Å². The van der Waals surface area contributed by atoms with Crippen LogP contribution in [0.2, 0.25) is 0 Å². The summed E-state index contributed by atoms with van der Waals surface area (Å²) in [5.41, 5.74) is 3.54. The number of hydrogen-bond donors (Lipinski definition) is 0. The minimum Gasteiger partial charge on any atom is -0.338 e. The lowest BCUT2D eigenvalue weighted by atomic mass is 10.0. The third kappa shape index (κ3) is 4.38. The maximum Gasteiger partial charge on any atom is 0.244 e. The molecule has 1 aromatic heterocycles. The van der Waals surface area contributed by atoms with Gasteiger partial charge in [-0.05, 0) is 63.3 Å². The van der Waals surface area contributed by atoms with Crippen molar-refractivity contribution in [2.75, 3.05) is 21.1 Å². The van der Waals surface area contributed by atoms with Gasteiger partial charge in [-0.1, -0.05) is 12.1 Å². The summed E-state index contributed by atoms with van der Waals surface area (Å²) in [5, 5.41) is 0. The maximum absolute atomic E-state index is 13.5. The second-order valence-corrected chi connectivity index (χ2v) is 6.39. The quantitative estimate of drug-likeness (QED) is 0.846. The van der Waals surface area contributed by atoms with Crippen molar-refractivity contribution in [3.05, 3.63) is 64.7 Å². The van der Waals surface area contributed by atoms with Gasteiger partial charge in [0.1, 0.15) is 11.9 Å². The number of benzene rings is 1. The number of pyridine rings is 1. The lowest BCUT2D eigenvalue weighted by Gasteiger charge is -2.28. The Morgan fingerprint density at radius 2 is 1.88 bits per heavy atom. The van der Waals surface area contributed by atoms with Gasteiger partial charge in [-0.2, -0.15) is 0 Å². The number of hydrogen-bond acceptors (Lipinski definition) is 3. The van der Waals surface area contributed by atoms with Gasteiger partial charge >= 0.3 is 0 Å². The van der Waals surface area contributed by atoms with Gasteiger partial charge in [0.25, 0.3) is 0 Å². The molecule has 0 N–H and O–H groups in total. The topological polar surface area (TPSA) is 36.4 Å². The van der Waals surface area contributed by atoms with Gasteiger partial charge in [-0.15, -0.1) is 0 Å². The molecule has 0 aliphatic carbocycles. The summed E-state index contributed by atoms with van der Waals surface area (Å²) in [6, 6.07) is 9.63. The van der Waals surface area contributed by atoms with Crippen LogP contribution in [-0.4, -0.2) is 41.8 Å². The fourth-order valence-electron chi connectivity index (χ4n) is 2.87. The molecule has 1 aromatic carbocycles. The molecule has 0 radical (unpaired) electrons. The first kappa shape index (κ1) is 18.1. The van der Waals surface area contributed by atoms with Gasteiger partial charge in [0.05, 0.1) is 12.2 Å². The smallest absolute Gasteiger partial charge is 0.244 e. The lowest BCUT2D eigenvalue weighted by Crippen LogP contribution is -2.38. The van der Waals surface area contributed by atoms with Crippen LogP contribution < -0.4 is 0 Å². The summed E-state index contributed by atoms with van der Waals surface area (Å²) in [5.74, 6) is -0.433. The maximum atomic E-state index is 13.5. The highest BCUT2D eigenvalue weighted by atomic mass is 19.1. The molecular formula is C19H24FN3O. The molecule has 24 heavy (non-hydrogen) atoms. The van der Waals surface area contributed by atoms with E-state index in [4.69, 9.17) is 0 Å². The summed E-state index contributed by atoms with van der Waals surface area (Å²) in [7, 11) is 5.38. The molecule has 1 amide bonds. The van der Waals surface area contributed by atoms with Gasteiger partial charge in [0.2, 0.25) is 5.91 Å². The number of rotatable bonds is 5. The number of likely N-dealkylation sites (N-methyl/N-ethyl adjacent to an activating group) is 2. The van der Waals surface area contributed by atoms with Crippen LogP contribution in [0.3, 0.4) is 0 Å². The van der Waals surface area contributed by atoms with Crippen LogP contribution in [-0.2, 0) is 11.3 Å². The molecule has 2 aromatic rings. The Kier molecular flexibility index (Phi) is 5.67. The minimum atomic E-state index is -0.531. The van der Waals surface area contributed by atoms with Crippen molar-refractivity contribution in [2.24, 2.45) is 0 Å². The number of carbonyl (C=O) groups is 1. The highest BCUT2D eigenvalue weighted by Crippen LogP contribution is 2.22. The zero-order valence-electron chi connectivity index (χ0n) is 14.9. The fourth-order valence-corrected chi connectivity index (χ4v) is 2.87. The summed E-state index contributed by atoms with van der Waals surface area (Å²) in [6.07, 6.45) is 0. The molecule has 0 bridgehead atoms. The molecule has 1 unspecified atom stereocenters. The Hall–Kier alpha value is -2.27. The van der Waals surface area contributed by atoms with Gasteiger partial charge in [-0.3, -0.25) is 14.7 Å². The predicted molar refractivity (Wildman–Crippen MR) is 93.0 cm³/mol. The SMILES string of the molecule is Cc1cc(C)nc(CN(C)C(=O)C(c2cccc(F)c2)N(C)C)c1. The standard InChI is InChI=1S/C19H24FN3O/c1-13-9-14(2)21-17(10-13)12-23(5)19(24)18(22(3)4)15-7-6-8-16(20)11-15/h6-11,18H,12H2,1-5H3. The number of aryl methyl sites for hydroxylation is 2. The second kappa shape index (κ2) is 7.53. The Bertz CT molecular complexity index is 710. The zero-order chi connectivity index (χ0) is 17.9. The highest BCUT2D eigenvalue weighted by Gasteiger charge is 2.26. The van der Waals surface area contributed by atoms with E-state index in [1.54, 1.807) is 29.0 Å². The van der Waals surface area contributed by atoms with Crippen LogP contribution >= 0.6 is 0 Å². The van der Waals surface area contributed by atoms with Crippen LogP contribution in [0.15, 0.2) is 36.4 Å². The largest absolute Gasteiger partial charge is 0.338 e. The van der Waals surface area contributed by atoms with Crippen LogP contribution in [0.4, 0.5) is 4.39 Å². The molecule has 0 aliphatic rings. The van der Waals surface area contributed by atoms with Crippen molar-refractivity contribution < 1.29 is 9.18 Å². The van der Waals surface area contributed by atoms with Crippen molar-refractivity contribution in [3.63, 3.8) is 0 Å². The molecule has 0 spiro atoms. The highest BCUT2D eigenvalue weighted by molar-refractivity contribution is 5.83. The molecule has 0 fully saturated rings. The average Bonchev–Trinajstić information content (AvgIpc) is 2.45. The molecule has 4 nitrogen and oxygen atoms in total. The number of aromatic nitrogens is 1. The molecule has 1 heterocycles. The number of amides is 1. The molecule has 0 aliphatic heterocycles. The van der Waals surface area contributed by atoms with E-state index in [1.165, 1.54) is 12.1 Å². The van der Waals surface area contributed by atoms with Gasteiger partial charge in [0, 0.05) is 12.7 Å². The Morgan fingerprint density at radius 3 is 2.46 bits per heavy atom. The molecule has 128 valence electrons. The summed E-state index contributed by atoms with van der Waals surface area (Å²) in [4.78, 5) is 20.8. The van der Waals surface area contributed by atoms with Gasteiger partial charge in [0.15, 0.2) is 0 Å². The van der Waals surface area contributed by atoms with Gasteiger partial charge < -0.3 is 4.90 Å². The average molecular weight is 329 g/mol. The first-order chi connectivity index (χ1) is 11.3. The Labute approximate surface area is 142 Å². The van der Waals surface area contributed by atoms with Crippen molar-refractivity contribution in [1.82, 2.24) is 14.8 Å². The molecule has 0 saturated heterocycles. The Balaban J connectivity index is 2.23. The van der Waals surface area contributed by atoms with E-state index in [-0.39, 0.29) is 11.7 Å². The van der Waals surface area contributed by atoms with E-state index in [0.717, 1.165) is 17.0 Å².